The molecule has 5 nitrogen and oxygen atoms in total. The molecule has 0 amide bonds. The summed E-state index contributed by atoms with van der Waals surface area (Å²) in [7, 11) is 0. The van der Waals surface area contributed by atoms with Crippen LogP contribution in [0.5, 0.6) is 0 Å². The molecular formula is C60H47BN2O3. The predicted molar refractivity (Wildman–Crippen MR) is 276 cm³/mol. The summed E-state index contributed by atoms with van der Waals surface area (Å²) in [6.45, 7) is 16.3. The number of nitrogens with zero attached hydrogens (tertiary/aromatic N) is 2. The van der Waals surface area contributed by atoms with Crippen molar-refractivity contribution in [2.75, 3.05) is 4.81 Å². The van der Waals surface area contributed by atoms with Crippen LogP contribution in [0.2, 0.25) is 0 Å². The zero-order valence-electron chi connectivity index (χ0n) is 38.3. The van der Waals surface area contributed by atoms with Gasteiger partial charge in [-0.2, -0.15) is 0 Å². The monoisotopic (exact) mass is 854 g/mol. The molecular weight excluding hydrogens is 807 g/mol. The second-order valence-corrected chi connectivity index (χ2v) is 21.9. The lowest BCUT2D eigenvalue weighted by atomic mass is 9.44. The summed E-state index contributed by atoms with van der Waals surface area (Å²) >= 11 is 0. The Bertz CT molecular complexity index is 4170. The lowest BCUT2D eigenvalue weighted by molar-refractivity contribution is 0.332. The van der Waals surface area contributed by atoms with Crippen LogP contribution in [0.25, 0.3) is 104 Å². The largest absolute Gasteiger partial charge is 0.456 e. The first-order valence-corrected chi connectivity index (χ1v) is 23.6. The van der Waals surface area contributed by atoms with E-state index in [1.165, 1.54) is 66.1 Å². The Hall–Kier alpha value is -7.18. The molecule has 15 rings (SSSR count). The Morgan fingerprint density at radius 3 is 1.79 bits per heavy atom. The molecule has 0 N–H and O–H groups in total. The fourth-order valence-electron chi connectivity index (χ4n) is 12.6. The minimum atomic E-state index is -0.159. The van der Waals surface area contributed by atoms with E-state index in [-0.39, 0.29) is 23.1 Å². The summed E-state index contributed by atoms with van der Waals surface area (Å²) < 4.78 is 22.8. The summed E-state index contributed by atoms with van der Waals surface area (Å²) in [4.78, 5) is 2.64. The van der Waals surface area contributed by atoms with Crippen LogP contribution in [0.3, 0.4) is 0 Å². The SMILES string of the molecule is CC(C)(C)c1ccc(N2B3c4cc5c(cc4-n4c6cc7oc8ccccc8c7cc6c6ccc(c3c64)-c3cc4oc6cc7c(cc6c4cc32)C(C)(C)CCC7(C)C)oc2ccccc25)cc1. The third-order valence-corrected chi connectivity index (χ3v) is 16.2. The van der Waals surface area contributed by atoms with Crippen LogP contribution in [0.1, 0.15) is 78.0 Å². The highest BCUT2D eigenvalue weighted by Crippen LogP contribution is 2.52. The molecule has 1 aliphatic carbocycles. The van der Waals surface area contributed by atoms with E-state index in [0.717, 1.165) is 90.2 Å². The second-order valence-electron chi connectivity index (χ2n) is 21.9. The highest BCUT2D eigenvalue weighted by atomic mass is 16.3. The fourth-order valence-corrected chi connectivity index (χ4v) is 12.6. The highest BCUT2D eigenvalue weighted by Gasteiger charge is 2.45. The van der Waals surface area contributed by atoms with Crippen molar-refractivity contribution in [3.63, 3.8) is 0 Å². The van der Waals surface area contributed by atoms with Crippen molar-refractivity contribution < 1.29 is 13.3 Å². The first kappa shape index (κ1) is 37.1. The number of hydrogen-bond acceptors (Lipinski definition) is 4. The number of benzene rings is 8. The van der Waals surface area contributed by atoms with E-state index in [1.807, 2.05) is 6.07 Å². The summed E-state index contributed by atoms with van der Waals surface area (Å²) in [6.07, 6.45) is 2.32. The summed E-state index contributed by atoms with van der Waals surface area (Å²) in [5.41, 5.74) is 20.5. The van der Waals surface area contributed by atoms with Crippen LogP contribution in [-0.2, 0) is 16.2 Å². The molecule has 8 aromatic carbocycles. The van der Waals surface area contributed by atoms with Crippen LogP contribution < -0.4 is 15.7 Å². The molecule has 0 unspecified atom stereocenters. The summed E-state index contributed by atoms with van der Waals surface area (Å²) in [5.74, 6) is 0. The van der Waals surface area contributed by atoms with Gasteiger partial charge in [-0.3, -0.25) is 0 Å². The zero-order valence-corrected chi connectivity index (χ0v) is 38.3. The van der Waals surface area contributed by atoms with E-state index in [0.29, 0.717) is 0 Å². The molecule has 66 heavy (non-hydrogen) atoms. The second kappa shape index (κ2) is 12.0. The Kier molecular flexibility index (Phi) is 6.73. The van der Waals surface area contributed by atoms with E-state index >= 15 is 0 Å². The zero-order chi connectivity index (χ0) is 44.3. The van der Waals surface area contributed by atoms with E-state index in [4.69, 9.17) is 13.3 Å². The van der Waals surface area contributed by atoms with Gasteiger partial charge in [0.25, 0.3) is 0 Å². The predicted octanol–water partition coefficient (Wildman–Crippen LogP) is 15.4. The lowest BCUT2D eigenvalue weighted by Crippen LogP contribution is -2.60. The third-order valence-electron chi connectivity index (χ3n) is 16.2. The standard InChI is InChI=1S/C60H47BN2O3/c1-58(2,3)32-16-18-33(19-17-32)63-48-27-43-41-25-44-45(60(6,7)23-22-59(44,4)5)29-53(41)66-52(43)28-39(48)36-20-21-37-38-24-40-34-12-8-10-14-50(34)64-54(40)30-47(38)62-49-31-55-42(35-13-9-11-15-51(35)65-55)26-46(49)61(63)56(36)57(37)62/h8-21,24-31H,22-23H2,1-7H3. The maximum Gasteiger partial charge on any atom is 0.333 e. The minimum absolute atomic E-state index is 0.0112. The van der Waals surface area contributed by atoms with Crippen LogP contribution >= 0.6 is 0 Å². The maximum atomic E-state index is 7.02. The maximum absolute atomic E-state index is 7.02. The molecule has 0 fully saturated rings. The Morgan fingerprint density at radius 1 is 0.485 bits per heavy atom. The first-order chi connectivity index (χ1) is 31.8. The molecule has 6 heteroatoms. The molecule has 0 bridgehead atoms. The van der Waals surface area contributed by atoms with Gasteiger partial charge >= 0.3 is 6.85 Å². The van der Waals surface area contributed by atoms with Gasteiger partial charge in [0.15, 0.2) is 0 Å². The normalized spacial score (nSPS) is 16.2. The Balaban J connectivity index is 1.10. The Morgan fingerprint density at radius 2 is 1.08 bits per heavy atom. The molecule has 6 heterocycles. The molecule has 0 spiro atoms. The molecule has 0 saturated carbocycles. The number of furan rings is 3. The first-order valence-electron chi connectivity index (χ1n) is 23.6. The molecule has 12 aromatic rings. The summed E-state index contributed by atoms with van der Waals surface area (Å²) in [5, 5.41) is 9.28. The van der Waals surface area contributed by atoms with Gasteiger partial charge in [0, 0.05) is 77.8 Å². The number of para-hydroxylation sites is 2. The third kappa shape index (κ3) is 4.67. The van der Waals surface area contributed by atoms with Gasteiger partial charge in [0.05, 0.1) is 11.0 Å². The van der Waals surface area contributed by atoms with E-state index in [1.54, 1.807) is 0 Å². The van der Waals surface area contributed by atoms with Crippen molar-refractivity contribution in [1.29, 1.82) is 0 Å². The van der Waals surface area contributed by atoms with Gasteiger partial charge in [0.1, 0.15) is 33.5 Å². The van der Waals surface area contributed by atoms with Gasteiger partial charge in [-0.05, 0) is 117 Å². The minimum Gasteiger partial charge on any atom is -0.456 e. The van der Waals surface area contributed by atoms with Crippen molar-refractivity contribution in [3.8, 4) is 16.8 Å². The molecule has 318 valence electrons. The average Bonchev–Trinajstić information content (AvgIpc) is 4.05. The number of anilines is 2. The van der Waals surface area contributed by atoms with Crippen LogP contribution in [-0.4, -0.2) is 11.4 Å². The molecule has 2 aliphatic heterocycles. The molecule has 4 aromatic heterocycles. The van der Waals surface area contributed by atoms with Gasteiger partial charge in [-0.15, -0.1) is 0 Å². The van der Waals surface area contributed by atoms with Crippen molar-refractivity contribution in [2.24, 2.45) is 0 Å². The average molecular weight is 855 g/mol. The molecule has 0 radical (unpaired) electrons. The Labute approximate surface area is 382 Å². The van der Waals surface area contributed by atoms with Gasteiger partial charge in [0.2, 0.25) is 0 Å². The fraction of sp³-hybridized carbons (Fsp3) is 0.200. The molecule has 0 atom stereocenters. The smallest absolute Gasteiger partial charge is 0.333 e. The summed E-state index contributed by atoms with van der Waals surface area (Å²) in [6, 6.07) is 50.0. The van der Waals surface area contributed by atoms with Gasteiger partial charge < -0.3 is 22.6 Å². The highest BCUT2D eigenvalue weighted by molar-refractivity contribution is 6.94. The van der Waals surface area contributed by atoms with Crippen molar-refractivity contribution in [1.82, 2.24) is 4.57 Å². The quantitative estimate of drug-likeness (QED) is 0.154. The van der Waals surface area contributed by atoms with Crippen molar-refractivity contribution >= 4 is 117 Å². The van der Waals surface area contributed by atoms with Crippen molar-refractivity contribution in [2.45, 2.75) is 77.6 Å². The molecule has 0 saturated heterocycles. The van der Waals surface area contributed by atoms with Gasteiger partial charge in [-0.1, -0.05) is 115 Å². The molecule has 3 aliphatic rings. The van der Waals surface area contributed by atoms with Crippen LogP contribution in [0, 0.1) is 0 Å². The lowest BCUT2D eigenvalue weighted by Gasteiger charge is -2.42. The van der Waals surface area contributed by atoms with Crippen LogP contribution in [0.15, 0.2) is 147 Å². The topological polar surface area (TPSA) is 47.6 Å². The van der Waals surface area contributed by atoms with Gasteiger partial charge in [-0.25, -0.2) is 0 Å². The van der Waals surface area contributed by atoms with E-state index in [2.05, 4.69) is 185 Å². The number of fused-ring (bicyclic) bond motifs is 18. The van der Waals surface area contributed by atoms with E-state index < -0.39 is 0 Å². The van der Waals surface area contributed by atoms with Crippen molar-refractivity contribution in [3.05, 3.63) is 150 Å². The van der Waals surface area contributed by atoms with E-state index in [9.17, 15) is 0 Å². The number of hydrogen-bond donors (Lipinski definition) is 0. The number of rotatable bonds is 1. The van der Waals surface area contributed by atoms with Crippen LogP contribution in [0.4, 0.5) is 11.4 Å². The number of aromatic nitrogens is 1.